The van der Waals surface area contributed by atoms with Crippen LogP contribution in [0.5, 0.6) is 5.75 Å². The molecule has 6 nitrogen and oxygen atoms in total. The lowest BCUT2D eigenvalue weighted by Crippen LogP contribution is -2.45. The molecule has 0 radical (unpaired) electrons. The van der Waals surface area contributed by atoms with Crippen molar-refractivity contribution in [2.75, 3.05) is 39.2 Å². The predicted molar refractivity (Wildman–Crippen MR) is 114 cm³/mol. The molecule has 154 valence electrons. The van der Waals surface area contributed by atoms with Crippen LogP contribution in [-0.2, 0) is 14.3 Å². The van der Waals surface area contributed by atoms with Gasteiger partial charge in [0.25, 0.3) is 5.91 Å². The van der Waals surface area contributed by atoms with E-state index in [0.29, 0.717) is 13.1 Å². The zero-order chi connectivity index (χ0) is 21.0. The van der Waals surface area contributed by atoms with Gasteiger partial charge in [0.15, 0.2) is 6.10 Å². The van der Waals surface area contributed by atoms with E-state index in [1.165, 1.54) is 6.92 Å². The summed E-state index contributed by atoms with van der Waals surface area (Å²) in [5, 5.41) is -0.359. The lowest BCUT2D eigenvalue weighted by atomic mass is 10.1. The van der Waals surface area contributed by atoms with Crippen LogP contribution in [0.15, 0.2) is 53.4 Å². The number of carbonyl (C=O) groups excluding carboxylic acids is 2. The molecule has 0 fully saturated rings. The number of methoxy groups -OCH3 is 1. The first-order valence-corrected chi connectivity index (χ1v) is 10.3. The maximum absolute atomic E-state index is 13.6. The van der Waals surface area contributed by atoms with E-state index in [1.54, 1.807) is 23.8 Å². The third kappa shape index (κ3) is 4.92. The maximum Gasteiger partial charge on any atom is 0.303 e. The number of hydrogen-bond acceptors (Lipinski definition) is 6. The van der Waals surface area contributed by atoms with Gasteiger partial charge in [-0.25, -0.2) is 0 Å². The van der Waals surface area contributed by atoms with Crippen molar-refractivity contribution in [2.24, 2.45) is 0 Å². The zero-order valence-electron chi connectivity index (χ0n) is 17.1. The quantitative estimate of drug-likeness (QED) is 0.676. The number of esters is 1. The molecule has 7 heteroatoms. The lowest BCUT2D eigenvalue weighted by Gasteiger charge is -2.28. The molecule has 2 aromatic rings. The SMILES string of the molecule is COc1ccc([C@@H]2Sc3ccccc3N(CCN(C)C)C(=O)[C@H]2OC(C)=O)cc1. The number of amides is 1. The second-order valence-electron chi connectivity index (χ2n) is 7.10. The highest BCUT2D eigenvalue weighted by Gasteiger charge is 2.40. The van der Waals surface area contributed by atoms with Crippen molar-refractivity contribution in [3.05, 3.63) is 54.1 Å². The van der Waals surface area contributed by atoms with E-state index in [9.17, 15) is 9.59 Å². The average molecular weight is 415 g/mol. The fraction of sp³-hybridized carbons (Fsp3) is 0.364. The number of ether oxygens (including phenoxy) is 2. The van der Waals surface area contributed by atoms with Crippen molar-refractivity contribution in [2.45, 2.75) is 23.2 Å². The molecule has 0 aromatic heterocycles. The molecule has 0 spiro atoms. The summed E-state index contributed by atoms with van der Waals surface area (Å²) in [5.41, 5.74) is 1.75. The van der Waals surface area contributed by atoms with Crippen molar-refractivity contribution >= 4 is 29.3 Å². The van der Waals surface area contributed by atoms with Crippen LogP contribution in [0.1, 0.15) is 17.7 Å². The van der Waals surface area contributed by atoms with Crippen LogP contribution in [0.2, 0.25) is 0 Å². The van der Waals surface area contributed by atoms with E-state index in [4.69, 9.17) is 9.47 Å². The van der Waals surface area contributed by atoms with Gasteiger partial charge in [-0.1, -0.05) is 24.3 Å². The number of rotatable bonds is 6. The minimum absolute atomic E-state index is 0.208. The zero-order valence-corrected chi connectivity index (χ0v) is 17.9. The summed E-state index contributed by atoms with van der Waals surface area (Å²) < 4.78 is 10.8. The van der Waals surface area contributed by atoms with Crippen LogP contribution in [0, 0.1) is 0 Å². The third-order valence-electron chi connectivity index (χ3n) is 4.70. The molecule has 0 saturated heterocycles. The molecule has 2 aromatic carbocycles. The Bertz CT molecular complexity index is 869. The van der Waals surface area contributed by atoms with Gasteiger partial charge in [-0.05, 0) is 43.9 Å². The van der Waals surface area contributed by atoms with Gasteiger partial charge < -0.3 is 19.3 Å². The average Bonchev–Trinajstić information content (AvgIpc) is 2.81. The minimum atomic E-state index is -0.916. The second-order valence-corrected chi connectivity index (χ2v) is 8.29. The second kappa shape index (κ2) is 9.33. The van der Waals surface area contributed by atoms with Crippen molar-refractivity contribution < 1.29 is 19.1 Å². The number of carbonyl (C=O) groups is 2. The summed E-state index contributed by atoms with van der Waals surface area (Å²) in [7, 11) is 5.54. The first-order chi connectivity index (χ1) is 13.9. The van der Waals surface area contributed by atoms with Crippen LogP contribution in [0.25, 0.3) is 0 Å². The van der Waals surface area contributed by atoms with Gasteiger partial charge in [0, 0.05) is 24.9 Å². The summed E-state index contributed by atoms with van der Waals surface area (Å²) in [6.07, 6.45) is -0.916. The molecule has 0 bridgehead atoms. The van der Waals surface area contributed by atoms with Gasteiger partial charge in [0.1, 0.15) is 5.75 Å². The van der Waals surface area contributed by atoms with Crippen LogP contribution < -0.4 is 9.64 Å². The molecule has 1 aliphatic rings. The summed E-state index contributed by atoms with van der Waals surface area (Å²) in [5.74, 6) is 0.0528. The number of likely N-dealkylation sites (N-methyl/N-ethyl adjacent to an activating group) is 1. The number of thioether (sulfide) groups is 1. The number of anilines is 1. The summed E-state index contributed by atoms with van der Waals surface area (Å²) in [4.78, 5) is 30.2. The van der Waals surface area contributed by atoms with Crippen molar-refractivity contribution in [1.29, 1.82) is 0 Å². The Kier molecular flexibility index (Phi) is 6.82. The monoisotopic (exact) mass is 414 g/mol. The number of hydrogen-bond donors (Lipinski definition) is 0. The number of nitrogens with zero attached hydrogens (tertiary/aromatic N) is 2. The Morgan fingerprint density at radius 3 is 2.45 bits per heavy atom. The number of fused-ring (bicyclic) bond motifs is 1. The molecule has 0 saturated carbocycles. The third-order valence-corrected chi connectivity index (χ3v) is 6.07. The Morgan fingerprint density at radius 2 is 1.83 bits per heavy atom. The van der Waals surface area contributed by atoms with Crippen molar-refractivity contribution in [1.82, 2.24) is 4.90 Å². The molecule has 0 unspecified atom stereocenters. The van der Waals surface area contributed by atoms with E-state index >= 15 is 0 Å². The van der Waals surface area contributed by atoms with Gasteiger partial charge in [-0.2, -0.15) is 0 Å². The molecular formula is C22H26N2O4S. The van der Waals surface area contributed by atoms with E-state index in [0.717, 1.165) is 21.9 Å². The summed E-state index contributed by atoms with van der Waals surface area (Å²) >= 11 is 1.54. The maximum atomic E-state index is 13.6. The minimum Gasteiger partial charge on any atom is -0.497 e. The topological polar surface area (TPSA) is 59.1 Å². The predicted octanol–water partition coefficient (Wildman–Crippen LogP) is 3.37. The van der Waals surface area contributed by atoms with Crippen molar-refractivity contribution in [3.63, 3.8) is 0 Å². The van der Waals surface area contributed by atoms with E-state index in [2.05, 4.69) is 0 Å². The summed E-state index contributed by atoms with van der Waals surface area (Å²) in [6.45, 7) is 2.55. The Labute approximate surface area is 175 Å². The van der Waals surface area contributed by atoms with E-state index in [-0.39, 0.29) is 11.2 Å². The molecule has 3 rings (SSSR count). The smallest absolute Gasteiger partial charge is 0.303 e. The fourth-order valence-corrected chi connectivity index (χ4v) is 4.56. The van der Waals surface area contributed by atoms with Gasteiger partial charge in [0.2, 0.25) is 0 Å². The molecule has 29 heavy (non-hydrogen) atoms. The van der Waals surface area contributed by atoms with Crippen molar-refractivity contribution in [3.8, 4) is 5.75 Å². The van der Waals surface area contributed by atoms with Gasteiger partial charge >= 0.3 is 5.97 Å². The highest BCUT2D eigenvalue weighted by atomic mass is 32.2. The van der Waals surface area contributed by atoms with Crippen LogP contribution >= 0.6 is 11.8 Å². The number of para-hydroxylation sites is 1. The molecule has 2 atom stereocenters. The molecule has 0 N–H and O–H groups in total. The first kappa shape index (κ1) is 21.2. The van der Waals surface area contributed by atoms with Crippen LogP contribution in [0.4, 0.5) is 5.69 Å². The Balaban J connectivity index is 2.06. The lowest BCUT2D eigenvalue weighted by molar-refractivity contribution is -0.152. The van der Waals surface area contributed by atoms with Crippen LogP contribution in [0.3, 0.4) is 0 Å². The highest BCUT2D eigenvalue weighted by Crippen LogP contribution is 2.46. The number of benzene rings is 2. The highest BCUT2D eigenvalue weighted by molar-refractivity contribution is 7.99. The first-order valence-electron chi connectivity index (χ1n) is 9.43. The van der Waals surface area contributed by atoms with Gasteiger partial charge in [-0.3, -0.25) is 9.59 Å². The van der Waals surface area contributed by atoms with E-state index < -0.39 is 12.1 Å². The fourth-order valence-electron chi connectivity index (χ4n) is 3.24. The normalized spacial score (nSPS) is 18.9. The molecule has 1 aliphatic heterocycles. The summed E-state index contributed by atoms with van der Waals surface area (Å²) in [6, 6.07) is 15.4. The molecule has 0 aliphatic carbocycles. The molecule has 1 heterocycles. The van der Waals surface area contributed by atoms with E-state index in [1.807, 2.05) is 67.5 Å². The Hall–Kier alpha value is -2.51. The van der Waals surface area contributed by atoms with Gasteiger partial charge in [-0.15, -0.1) is 11.8 Å². The molecular weight excluding hydrogens is 388 g/mol. The van der Waals surface area contributed by atoms with Gasteiger partial charge in [0.05, 0.1) is 18.0 Å². The standard InChI is InChI=1S/C22H26N2O4S/c1-15(25)28-20-21(16-9-11-17(27-4)12-10-16)29-19-8-6-5-7-18(19)24(22(20)26)14-13-23(2)3/h5-12,20-21H,13-14H2,1-4H3/t20-,21-/m0/s1. The molecule has 1 amide bonds. The van der Waals surface area contributed by atoms with Crippen LogP contribution in [-0.4, -0.2) is 57.2 Å². The Morgan fingerprint density at radius 1 is 1.14 bits per heavy atom. The largest absolute Gasteiger partial charge is 0.497 e.